The molecule has 8 nitrogen and oxygen atoms in total. The molecule has 0 aromatic carbocycles. The lowest BCUT2D eigenvalue weighted by Crippen LogP contribution is -2.33. The van der Waals surface area contributed by atoms with Gasteiger partial charge in [0.2, 0.25) is 0 Å². The molecule has 9 heteroatoms. The molecule has 0 aliphatic heterocycles. The summed E-state index contributed by atoms with van der Waals surface area (Å²) < 4.78 is 7.76. The van der Waals surface area contributed by atoms with Gasteiger partial charge in [-0.05, 0) is 43.0 Å². The van der Waals surface area contributed by atoms with Gasteiger partial charge in [-0.15, -0.1) is 0 Å². The summed E-state index contributed by atoms with van der Waals surface area (Å²) in [6, 6.07) is 7.98. The minimum Gasteiger partial charge on any atom is -0.178 e. The van der Waals surface area contributed by atoms with Crippen molar-refractivity contribution >= 4 is 10.8 Å². The fraction of sp³-hybridized carbons (Fsp3) is 0.368. The van der Waals surface area contributed by atoms with Crippen molar-refractivity contribution in [2.75, 3.05) is 0 Å². The summed E-state index contributed by atoms with van der Waals surface area (Å²) in [5, 5.41) is 19.1. The van der Waals surface area contributed by atoms with Gasteiger partial charge in [0.1, 0.15) is 0 Å². The highest BCUT2D eigenvalue weighted by Gasteiger charge is 2.36. The molecule has 4 aromatic heterocycles. The van der Waals surface area contributed by atoms with Gasteiger partial charge in [-0.25, -0.2) is 0 Å². The van der Waals surface area contributed by atoms with E-state index in [-0.39, 0.29) is 0 Å². The van der Waals surface area contributed by atoms with Crippen LogP contribution in [-0.2, 0) is 6.42 Å². The highest BCUT2D eigenvalue weighted by atomic mass is 32.3. The van der Waals surface area contributed by atoms with E-state index in [4.69, 9.17) is 10.2 Å². The summed E-state index contributed by atoms with van der Waals surface area (Å²) in [6.45, 7) is 6.53. The Labute approximate surface area is 166 Å². The molecule has 1 unspecified atom stereocenters. The van der Waals surface area contributed by atoms with E-state index in [1.54, 1.807) is 12.4 Å². The van der Waals surface area contributed by atoms with E-state index in [9.17, 15) is 0 Å². The molecule has 4 aromatic rings. The zero-order chi connectivity index (χ0) is 19.6. The Kier molecular flexibility index (Phi) is 5.08. The third-order valence-electron chi connectivity index (χ3n) is 4.80. The highest BCUT2D eigenvalue weighted by molar-refractivity contribution is 8.28. The van der Waals surface area contributed by atoms with Gasteiger partial charge in [-0.3, -0.25) is 0 Å². The first kappa shape index (κ1) is 18.5. The van der Waals surface area contributed by atoms with Crippen LogP contribution in [0.2, 0.25) is 0 Å². The van der Waals surface area contributed by atoms with E-state index in [0.717, 1.165) is 30.7 Å². The molecule has 4 rings (SSSR count). The van der Waals surface area contributed by atoms with Crippen LogP contribution in [0.25, 0.3) is 0 Å². The molecule has 0 saturated carbocycles. The molecule has 0 N–H and O–H groups in total. The third-order valence-corrected chi connectivity index (χ3v) is 7.64. The largest absolute Gasteiger partial charge is 0.178 e. The average Bonchev–Trinajstić information content (AvgIpc) is 3.49. The van der Waals surface area contributed by atoms with Crippen molar-refractivity contribution in [3.8, 4) is 0 Å². The topological polar surface area (TPSA) is 71.3 Å². The zero-order valence-corrected chi connectivity index (χ0v) is 17.3. The molecule has 1 atom stereocenters. The molecular formula is C19H26N8S. The van der Waals surface area contributed by atoms with Crippen LogP contribution >= 0.6 is 10.8 Å². The van der Waals surface area contributed by atoms with Gasteiger partial charge >= 0.3 is 0 Å². The van der Waals surface area contributed by atoms with Gasteiger partial charge in [0.15, 0.2) is 10.8 Å². The van der Waals surface area contributed by atoms with Crippen molar-refractivity contribution in [2.45, 2.75) is 46.0 Å². The molecule has 148 valence electrons. The van der Waals surface area contributed by atoms with E-state index < -0.39 is 10.8 Å². The fourth-order valence-corrected chi connectivity index (χ4v) is 5.84. The predicted molar refractivity (Wildman–Crippen MR) is 111 cm³/mol. The molecule has 0 spiro atoms. The quantitative estimate of drug-likeness (QED) is 0.451. The molecular weight excluding hydrogens is 372 g/mol. The number of aromatic nitrogens is 8. The minimum atomic E-state index is -2.22. The van der Waals surface area contributed by atoms with E-state index >= 15 is 0 Å². The van der Waals surface area contributed by atoms with Crippen LogP contribution in [0, 0.1) is 0 Å². The van der Waals surface area contributed by atoms with Crippen molar-refractivity contribution in [1.29, 1.82) is 0 Å². The standard InChI is InChI=1S/C19H26N8S/c1-4-8-18-9-15-26(22-18)28(24-13-6-11-20-24,25-14-7-12-21-25)27-16-10-19(23-27)17(3)5-2/h6-7,9-17H,4-5,8H2,1-3H3. The molecule has 0 aliphatic carbocycles. The second-order valence-corrected chi connectivity index (χ2v) is 9.20. The summed E-state index contributed by atoms with van der Waals surface area (Å²) in [7, 11) is -2.22. The van der Waals surface area contributed by atoms with Gasteiger partial charge in [-0.2, -0.15) is 36.7 Å². The zero-order valence-electron chi connectivity index (χ0n) is 16.5. The van der Waals surface area contributed by atoms with Crippen molar-refractivity contribution in [2.24, 2.45) is 0 Å². The first-order chi connectivity index (χ1) is 13.7. The van der Waals surface area contributed by atoms with Gasteiger partial charge in [-0.1, -0.05) is 27.2 Å². The van der Waals surface area contributed by atoms with Crippen LogP contribution in [-0.4, -0.2) is 36.7 Å². The third kappa shape index (κ3) is 2.95. The molecule has 0 bridgehead atoms. The van der Waals surface area contributed by atoms with Crippen LogP contribution in [0.4, 0.5) is 0 Å². The Balaban J connectivity index is 1.97. The Morgan fingerprint density at radius 1 is 0.857 bits per heavy atom. The Bertz CT molecular complexity index is 965. The first-order valence-electron chi connectivity index (χ1n) is 9.65. The average molecular weight is 399 g/mol. The van der Waals surface area contributed by atoms with E-state index in [1.165, 1.54) is 0 Å². The maximum absolute atomic E-state index is 4.97. The van der Waals surface area contributed by atoms with Gasteiger partial charge in [0, 0.05) is 24.8 Å². The molecule has 0 saturated heterocycles. The molecule has 0 radical (unpaired) electrons. The lowest BCUT2D eigenvalue weighted by atomic mass is 10.1. The van der Waals surface area contributed by atoms with Crippen LogP contribution in [0.5, 0.6) is 0 Å². The number of nitrogens with zero attached hydrogens (tertiary/aromatic N) is 8. The summed E-state index contributed by atoms with van der Waals surface area (Å²) >= 11 is 0. The SMILES string of the molecule is CCCc1ccn(S(n2cccn2)(n2cccn2)n2ccc(C(C)CC)n2)n1. The van der Waals surface area contributed by atoms with Gasteiger partial charge in [0.25, 0.3) is 0 Å². The number of hydrogen-bond acceptors (Lipinski definition) is 4. The molecule has 0 amide bonds. The van der Waals surface area contributed by atoms with Crippen molar-refractivity contribution in [1.82, 2.24) is 36.7 Å². The molecule has 0 fully saturated rings. The van der Waals surface area contributed by atoms with E-state index in [0.29, 0.717) is 5.92 Å². The summed E-state index contributed by atoms with van der Waals surface area (Å²) in [4.78, 5) is 0. The molecule has 0 aliphatic rings. The van der Waals surface area contributed by atoms with Crippen molar-refractivity contribution < 1.29 is 0 Å². The smallest absolute Gasteiger partial charge is 0.162 e. The lowest BCUT2D eigenvalue weighted by molar-refractivity contribution is 0.689. The summed E-state index contributed by atoms with van der Waals surface area (Å²) in [6.07, 6.45) is 14.5. The van der Waals surface area contributed by atoms with Gasteiger partial charge in [0.05, 0.1) is 23.8 Å². The summed E-state index contributed by atoms with van der Waals surface area (Å²) in [5.41, 5.74) is 2.10. The lowest BCUT2D eigenvalue weighted by Gasteiger charge is -2.38. The monoisotopic (exact) mass is 398 g/mol. The second kappa shape index (κ2) is 7.67. The van der Waals surface area contributed by atoms with Crippen molar-refractivity contribution in [3.05, 3.63) is 72.8 Å². The Morgan fingerprint density at radius 3 is 2.07 bits per heavy atom. The maximum atomic E-state index is 4.97. The molecule has 4 heterocycles. The minimum absolute atomic E-state index is 0.377. The van der Waals surface area contributed by atoms with Gasteiger partial charge < -0.3 is 0 Å². The number of aryl methyl sites for hydroxylation is 1. The van der Waals surface area contributed by atoms with E-state index in [2.05, 4.69) is 43.1 Å². The van der Waals surface area contributed by atoms with Crippen molar-refractivity contribution in [3.63, 3.8) is 0 Å². The molecule has 28 heavy (non-hydrogen) atoms. The van der Waals surface area contributed by atoms with Crippen LogP contribution in [0.3, 0.4) is 0 Å². The fourth-order valence-electron chi connectivity index (χ4n) is 3.11. The van der Waals surface area contributed by atoms with Crippen LogP contribution < -0.4 is 0 Å². The Hall–Kier alpha value is -2.81. The number of hydrogen-bond donors (Lipinski definition) is 0. The predicted octanol–water partition coefficient (Wildman–Crippen LogP) is 3.90. The van der Waals surface area contributed by atoms with Crippen LogP contribution in [0.1, 0.15) is 50.9 Å². The summed E-state index contributed by atoms with van der Waals surface area (Å²) in [5.74, 6) is 0.377. The van der Waals surface area contributed by atoms with Crippen LogP contribution in [0.15, 0.2) is 61.4 Å². The number of rotatable bonds is 8. The second-order valence-electron chi connectivity index (χ2n) is 6.72. The normalized spacial score (nSPS) is 13.7. The maximum Gasteiger partial charge on any atom is 0.162 e. The highest BCUT2D eigenvalue weighted by Crippen LogP contribution is 2.50. The first-order valence-corrected chi connectivity index (χ1v) is 11.1. The Morgan fingerprint density at radius 2 is 1.50 bits per heavy atom. The van der Waals surface area contributed by atoms with E-state index in [1.807, 2.05) is 53.3 Å².